The largest absolute Gasteiger partial charge is 0.330 e. The first-order valence-electron chi connectivity index (χ1n) is 8.42. The summed E-state index contributed by atoms with van der Waals surface area (Å²) < 4.78 is 28.9. The van der Waals surface area contributed by atoms with Gasteiger partial charge in [-0.1, -0.05) is 13.3 Å². The van der Waals surface area contributed by atoms with Crippen LogP contribution >= 0.6 is 0 Å². The predicted molar refractivity (Wildman–Crippen MR) is 86.1 cm³/mol. The van der Waals surface area contributed by atoms with Crippen molar-refractivity contribution in [2.75, 3.05) is 26.7 Å². The Hall–Kier alpha value is -0.170. The summed E-state index contributed by atoms with van der Waals surface area (Å²) in [6.07, 6.45) is 7.52. The second-order valence-electron chi connectivity index (χ2n) is 6.71. The van der Waals surface area contributed by atoms with Crippen molar-refractivity contribution in [2.24, 2.45) is 17.6 Å². The van der Waals surface area contributed by atoms with Gasteiger partial charge in [0.05, 0.1) is 0 Å². The van der Waals surface area contributed by atoms with Crippen LogP contribution in [0, 0.1) is 11.8 Å². The molecule has 2 fully saturated rings. The van der Waals surface area contributed by atoms with Gasteiger partial charge in [-0.25, -0.2) is 0 Å². The number of piperidine rings is 1. The van der Waals surface area contributed by atoms with Gasteiger partial charge in [-0.3, -0.25) is 0 Å². The van der Waals surface area contributed by atoms with Gasteiger partial charge in [0.1, 0.15) is 0 Å². The van der Waals surface area contributed by atoms with Gasteiger partial charge in [0.15, 0.2) is 0 Å². The highest BCUT2D eigenvalue weighted by Gasteiger charge is 2.36. The molecule has 0 aromatic carbocycles. The van der Waals surface area contributed by atoms with E-state index < -0.39 is 10.2 Å². The summed E-state index contributed by atoms with van der Waals surface area (Å²) >= 11 is 0. The molecule has 0 aromatic rings. The molecule has 1 saturated heterocycles. The van der Waals surface area contributed by atoms with Crippen molar-refractivity contribution < 1.29 is 8.42 Å². The maximum Gasteiger partial charge on any atom is 0.281 e. The Morgan fingerprint density at radius 2 is 1.81 bits per heavy atom. The fourth-order valence-corrected chi connectivity index (χ4v) is 5.43. The molecule has 2 N–H and O–H groups in total. The summed E-state index contributed by atoms with van der Waals surface area (Å²) in [5.41, 5.74) is 5.72. The lowest BCUT2D eigenvalue weighted by atomic mass is 9.85. The van der Waals surface area contributed by atoms with E-state index in [0.717, 1.165) is 44.4 Å². The number of hydrogen-bond donors (Lipinski definition) is 1. The third-order valence-corrected chi connectivity index (χ3v) is 7.42. The van der Waals surface area contributed by atoms with Crippen LogP contribution in [0.15, 0.2) is 0 Å². The Morgan fingerprint density at radius 1 is 1.14 bits per heavy atom. The molecule has 0 radical (unpaired) electrons. The zero-order chi connectivity index (χ0) is 15.5. The normalized spacial score (nSPS) is 32.5. The van der Waals surface area contributed by atoms with Crippen molar-refractivity contribution in [3.63, 3.8) is 0 Å². The molecule has 0 amide bonds. The van der Waals surface area contributed by atoms with Gasteiger partial charge in [0, 0.05) is 26.2 Å². The topological polar surface area (TPSA) is 66.6 Å². The average Bonchev–Trinajstić information content (AvgIpc) is 2.54. The SMILES string of the molecule is CCC1CCC(N(C)S(=O)(=O)N2CCCC(CN)C2)CC1. The van der Waals surface area contributed by atoms with Crippen LogP contribution in [0.5, 0.6) is 0 Å². The minimum absolute atomic E-state index is 0.177. The Morgan fingerprint density at radius 3 is 2.38 bits per heavy atom. The number of nitrogens with zero attached hydrogens (tertiary/aromatic N) is 2. The molecule has 1 aliphatic heterocycles. The average molecular weight is 317 g/mol. The maximum atomic E-state index is 12.8. The zero-order valence-electron chi connectivity index (χ0n) is 13.5. The molecule has 1 heterocycles. The maximum absolute atomic E-state index is 12.8. The molecule has 21 heavy (non-hydrogen) atoms. The van der Waals surface area contributed by atoms with Crippen LogP contribution < -0.4 is 5.73 Å². The highest BCUT2D eigenvalue weighted by Crippen LogP contribution is 2.31. The van der Waals surface area contributed by atoms with Crippen LogP contribution in [0.3, 0.4) is 0 Å². The van der Waals surface area contributed by atoms with E-state index in [4.69, 9.17) is 5.73 Å². The summed E-state index contributed by atoms with van der Waals surface area (Å²) in [5.74, 6) is 1.10. The first kappa shape index (κ1) is 17.2. The second-order valence-corrected chi connectivity index (χ2v) is 8.70. The van der Waals surface area contributed by atoms with Crippen LogP contribution in [0.4, 0.5) is 0 Å². The Labute approximate surface area is 130 Å². The van der Waals surface area contributed by atoms with Crippen molar-refractivity contribution in [1.82, 2.24) is 8.61 Å². The lowest BCUT2D eigenvalue weighted by Gasteiger charge is -2.39. The first-order valence-corrected chi connectivity index (χ1v) is 9.81. The van der Waals surface area contributed by atoms with E-state index in [1.807, 2.05) is 0 Å². The Kier molecular flexibility index (Phi) is 6.05. The molecular formula is C15H31N3O2S. The Balaban J connectivity index is 1.98. The fourth-order valence-electron chi connectivity index (χ4n) is 3.72. The van der Waals surface area contributed by atoms with Crippen LogP contribution in [-0.4, -0.2) is 49.8 Å². The molecule has 5 nitrogen and oxygen atoms in total. The minimum atomic E-state index is -3.32. The summed E-state index contributed by atoms with van der Waals surface area (Å²) in [4.78, 5) is 0. The van der Waals surface area contributed by atoms with E-state index in [2.05, 4.69) is 6.92 Å². The van der Waals surface area contributed by atoms with Crippen LogP contribution in [-0.2, 0) is 10.2 Å². The monoisotopic (exact) mass is 317 g/mol. The molecule has 2 rings (SSSR count). The van der Waals surface area contributed by atoms with Crippen molar-refractivity contribution in [3.05, 3.63) is 0 Å². The van der Waals surface area contributed by atoms with Gasteiger partial charge in [-0.05, 0) is 56.9 Å². The summed E-state index contributed by atoms with van der Waals surface area (Å²) in [6.45, 7) is 4.05. The summed E-state index contributed by atoms with van der Waals surface area (Å²) in [6, 6.07) is 0.177. The third kappa shape index (κ3) is 3.97. The van der Waals surface area contributed by atoms with Crippen LogP contribution in [0.25, 0.3) is 0 Å². The quantitative estimate of drug-likeness (QED) is 0.841. The van der Waals surface area contributed by atoms with E-state index in [1.54, 1.807) is 15.7 Å². The number of nitrogens with two attached hydrogens (primary N) is 1. The first-order chi connectivity index (χ1) is 9.98. The van der Waals surface area contributed by atoms with E-state index >= 15 is 0 Å². The molecule has 2 aliphatic rings. The smallest absolute Gasteiger partial charge is 0.281 e. The molecule has 6 heteroatoms. The molecule has 1 aliphatic carbocycles. The molecule has 1 unspecified atom stereocenters. The summed E-state index contributed by atoms with van der Waals surface area (Å²) in [7, 11) is -1.56. The fraction of sp³-hybridized carbons (Fsp3) is 1.00. The van der Waals surface area contributed by atoms with Gasteiger partial charge in [0.2, 0.25) is 0 Å². The van der Waals surface area contributed by atoms with Gasteiger partial charge in [-0.15, -0.1) is 0 Å². The van der Waals surface area contributed by atoms with Crippen molar-refractivity contribution in [3.8, 4) is 0 Å². The van der Waals surface area contributed by atoms with Gasteiger partial charge in [-0.2, -0.15) is 17.0 Å². The van der Waals surface area contributed by atoms with Crippen molar-refractivity contribution >= 4 is 10.2 Å². The minimum Gasteiger partial charge on any atom is -0.330 e. The molecule has 1 saturated carbocycles. The third-order valence-electron chi connectivity index (χ3n) is 5.41. The summed E-state index contributed by atoms with van der Waals surface area (Å²) in [5, 5.41) is 0. The highest BCUT2D eigenvalue weighted by molar-refractivity contribution is 7.86. The van der Waals surface area contributed by atoms with E-state index in [0.29, 0.717) is 25.6 Å². The van der Waals surface area contributed by atoms with Crippen LogP contribution in [0.1, 0.15) is 51.9 Å². The molecule has 1 atom stereocenters. The van der Waals surface area contributed by atoms with E-state index in [-0.39, 0.29) is 6.04 Å². The molecule has 0 spiro atoms. The van der Waals surface area contributed by atoms with Gasteiger partial charge >= 0.3 is 0 Å². The molecule has 124 valence electrons. The van der Waals surface area contributed by atoms with Gasteiger partial charge < -0.3 is 5.73 Å². The Bertz CT molecular complexity index is 419. The standard InChI is InChI=1S/C15H31N3O2S/c1-3-13-6-8-15(9-7-13)17(2)21(19,20)18-10-4-5-14(11-16)12-18/h13-15H,3-12,16H2,1-2H3. The van der Waals surface area contributed by atoms with E-state index in [9.17, 15) is 8.42 Å². The number of hydrogen-bond acceptors (Lipinski definition) is 3. The van der Waals surface area contributed by atoms with Crippen molar-refractivity contribution in [1.29, 1.82) is 0 Å². The highest BCUT2D eigenvalue weighted by atomic mass is 32.2. The molecule has 0 aromatic heterocycles. The number of rotatable bonds is 5. The zero-order valence-corrected chi connectivity index (χ0v) is 14.3. The predicted octanol–water partition coefficient (Wildman–Crippen LogP) is 1.80. The molecule has 0 bridgehead atoms. The van der Waals surface area contributed by atoms with Crippen LogP contribution in [0.2, 0.25) is 0 Å². The van der Waals surface area contributed by atoms with E-state index in [1.165, 1.54) is 6.42 Å². The van der Waals surface area contributed by atoms with Crippen molar-refractivity contribution in [2.45, 2.75) is 57.9 Å². The lowest BCUT2D eigenvalue weighted by molar-refractivity contribution is 0.206. The lowest BCUT2D eigenvalue weighted by Crippen LogP contribution is -2.51. The van der Waals surface area contributed by atoms with Gasteiger partial charge in [0.25, 0.3) is 10.2 Å². The molecular weight excluding hydrogens is 286 g/mol. The second kappa shape index (κ2) is 7.40.